The second-order valence-electron chi connectivity index (χ2n) is 12.3. The number of halogens is 1. The lowest BCUT2D eigenvalue weighted by Crippen LogP contribution is -2.56. The summed E-state index contributed by atoms with van der Waals surface area (Å²) in [7, 11) is 0. The predicted molar refractivity (Wildman–Crippen MR) is 172 cm³/mol. The zero-order valence-corrected chi connectivity index (χ0v) is 26.8. The van der Waals surface area contributed by atoms with Crippen molar-refractivity contribution in [1.29, 1.82) is 0 Å². The fourth-order valence-corrected chi connectivity index (χ4v) is 7.94. The van der Waals surface area contributed by atoms with Crippen molar-refractivity contribution in [3.8, 4) is 0 Å². The third-order valence-electron chi connectivity index (χ3n) is 9.54. The van der Waals surface area contributed by atoms with Gasteiger partial charge in [0.2, 0.25) is 0 Å². The Hall–Kier alpha value is -3.06. The molecule has 5 heterocycles. The number of nitrogens with one attached hydrogen (secondary N) is 2. The van der Waals surface area contributed by atoms with Gasteiger partial charge < -0.3 is 35.8 Å². The van der Waals surface area contributed by atoms with Crippen LogP contribution in [0.5, 0.6) is 0 Å². The number of nitrogens with zero attached hydrogens (tertiary/aromatic N) is 4. The molecule has 238 valence electrons. The van der Waals surface area contributed by atoms with Crippen LogP contribution in [0, 0.1) is 6.92 Å². The maximum atomic E-state index is 13.9. The maximum Gasteiger partial charge on any atom is 0.410 e. The van der Waals surface area contributed by atoms with E-state index in [4.69, 9.17) is 22.1 Å². The quantitative estimate of drug-likeness (QED) is 0.410. The van der Waals surface area contributed by atoms with Gasteiger partial charge in [0.15, 0.2) is 6.10 Å². The Morgan fingerprint density at radius 1 is 1.02 bits per heavy atom. The fraction of sp³-hybridized carbons (Fsp3) is 0.581. The van der Waals surface area contributed by atoms with Crippen LogP contribution in [0.1, 0.15) is 42.4 Å². The van der Waals surface area contributed by atoms with Crippen LogP contribution < -0.4 is 16.4 Å². The molecule has 4 aliphatic rings. The molecule has 0 radical (unpaired) electrons. The largest absolute Gasteiger partial charge is 0.436 e. The minimum atomic E-state index is -0.977. The van der Waals surface area contributed by atoms with E-state index in [0.717, 1.165) is 61.4 Å². The summed E-state index contributed by atoms with van der Waals surface area (Å²) in [6.07, 6.45) is 2.27. The Kier molecular flexibility index (Phi) is 9.51. The number of piperazine rings is 1. The monoisotopic (exact) mass is 643 g/mol. The molecule has 1 aromatic heterocycles. The smallest absolute Gasteiger partial charge is 0.410 e. The summed E-state index contributed by atoms with van der Waals surface area (Å²) in [5.41, 5.74) is 10.2. The van der Waals surface area contributed by atoms with Crippen molar-refractivity contribution in [1.82, 2.24) is 24.9 Å². The van der Waals surface area contributed by atoms with Gasteiger partial charge in [0, 0.05) is 68.7 Å². The maximum absolute atomic E-state index is 13.9. The Labute approximate surface area is 267 Å². The van der Waals surface area contributed by atoms with Crippen molar-refractivity contribution in [2.24, 2.45) is 0 Å². The summed E-state index contributed by atoms with van der Waals surface area (Å²) >= 11 is 7.96. The predicted octanol–water partition coefficient (Wildman–Crippen LogP) is 3.75. The highest BCUT2D eigenvalue weighted by atomic mass is 35.5. The number of hydrogen-bond donors (Lipinski definition) is 3. The highest BCUT2D eigenvalue weighted by Gasteiger charge is 2.36. The number of rotatable bonds is 6. The molecular formula is C31H42ClN7O4S. The van der Waals surface area contributed by atoms with Crippen LogP contribution in [0.4, 0.5) is 21.0 Å². The Morgan fingerprint density at radius 2 is 1.75 bits per heavy atom. The van der Waals surface area contributed by atoms with E-state index in [1.54, 1.807) is 22.3 Å². The van der Waals surface area contributed by atoms with Gasteiger partial charge in [-0.3, -0.25) is 9.69 Å². The van der Waals surface area contributed by atoms with E-state index in [1.165, 1.54) is 0 Å². The van der Waals surface area contributed by atoms with Crippen LogP contribution in [0.25, 0.3) is 0 Å². The number of amides is 4. The zero-order valence-electron chi connectivity index (χ0n) is 25.2. The minimum absolute atomic E-state index is 0.0284. The number of thiophene rings is 1. The number of benzene rings is 1. The van der Waals surface area contributed by atoms with Crippen molar-refractivity contribution in [2.45, 2.75) is 63.8 Å². The molecule has 1 aromatic carbocycles. The molecule has 13 heteroatoms. The Balaban J connectivity index is 1.09. The molecule has 0 spiro atoms. The third-order valence-corrected chi connectivity index (χ3v) is 10.6. The van der Waals surface area contributed by atoms with Crippen LogP contribution in [0.2, 0.25) is 5.02 Å². The van der Waals surface area contributed by atoms with Crippen LogP contribution in [-0.2, 0) is 22.5 Å². The molecule has 3 fully saturated rings. The van der Waals surface area contributed by atoms with Gasteiger partial charge in [-0.1, -0.05) is 17.7 Å². The van der Waals surface area contributed by atoms with Crippen LogP contribution in [-0.4, -0.2) is 108 Å². The number of carbonyl (C=O) groups is 3. The average Bonchev–Trinajstić information content (AvgIpc) is 3.50. The second-order valence-corrected chi connectivity index (χ2v) is 13.5. The molecule has 44 heavy (non-hydrogen) atoms. The molecule has 4 aliphatic heterocycles. The summed E-state index contributed by atoms with van der Waals surface area (Å²) in [5.74, 6) is -0.180. The number of anilines is 2. The molecule has 1 atom stereocenters. The molecule has 3 saturated heterocycles. The number of hydrogen-bond acceptors (Lipinski definition) is 8. The van der Waals surface area contributed by atoms with Crippen molar-refractivity contribution < 1.29 is 19.1 Å². The number of aryl methyl sites for hydroxylation is 1. The normalized spacial score (nSPS) is 21.1. The van der Waals surface area contributed by atoms with Crippen LogP contribution >= 0.6 is 22.9 Å². The molecule has 4 amide bonds. The third kappa shape index (κ3) is 6.78. The van der Waals surface area contributed by atoms with E-state index < -0.39 is 12.2 Å². The summed E-state index contributed by atoms with van der Waals surface area (Å²) in [4.78, 5) is 48.0. The van der Waals surface area contributed by atoms with E-state index in [2.05, 4.69) is 20.9 Å². The first kappa shape index (κ1) is 30.9. The fourth-order valence-electron chi connectivity index (χ4n) is 6.87. The first-order chi connectivity index (χ1) is 21.3. The van der Waals surface area contributed by atoms with Crippen molar-refractivity contribution in [3.63, 3.8) is 0 Å². The molecule has 6 rings (SSSR count). The van der Waals surface area contributed by atoms with E-state index in [1.807, 2.05) is 28.2 Å². The number of fused-ring (bicyclic) bond motifs is 1. The van der Waals surface area contributed by atoms with Gasteiger partial charge >= 0.3 is 12.1 Å². The van der Waals surface area contributed by atoms with Crippen molar-refractivity contribution in [2.75, 3.05) is 63.4 Å². The lowest BCUT2D eigenvalue weighted by Gasteiger charge is -2.42. The molecule has 0 aliphatic carbocycles. The summed E-state index contributed by atoms with van der Waals surface area (Å²) in [6, 6.07) is 4.13. The summed E-state index contributed by atoms with van der Waals surface area (Å²) in [5, 5.41) is 10.8. The molecule has 4 N–H and O–H groups in total. The topological polar surface area (TPSA) is 123 Å². The van der Waals surface area contributed by atoms with Gasteiger partial charge in [0.25, 0.3) is 5.91 Å². The van der Waals surface area contributed by atoms with Gasteiger partial charge in [-0.25, -0.2) is 9.59 Å². The van der Waals surface area contributed by atoms with E-state index in [9.17, 15) is 14.4 Å². The van der Waals surface area contributed by atoms with E-state index in [0.29, 0.717) is 62.3 Å². The number of urea groups is 1. The molecule has 2 aromatic rings. The molecule has 0 saturated carbocycles. The second kappa shape index (κ2) is 13.5. The first-order valence-electron chi connectivity index (χ1n) is 15.6. The zero-order chi connectivity index (χ0) is 30.8. The molecule has 0 unspecified atom stereocenters. The molecule has 0 bridgehead atoms. The van der Waals surface area contributed by atoms with Crippen LogP contribution in [0.3, 0.4) is 0 Å². The average molecular weight is 644 g/mol. The van der Waals surface area contributed by atoms with E-state index >= 15 is 0 Å². The minimum Gasteiger partial charge on any atom is -0.436 e. The molecule has 11 nitrogen and oxygen atoms in total. The van der Waals surface area contributed by atoms with Gasteiger partial charge in [0.1, 0.15) is 0 Å². The first-order valence-corrected chi connectivity index (χ1v) is 16.9. The standard InChI is InChI=1S/C31H42ClN7O4S/c1-20-14-21(15-25(32)28(20)33)16-27(29(40)37-12-10-36(11-13-37)23-2-6-34-7-3-23)43-31(42)38-8-4-24(5-9-38)39-17-22-18-44-19-26(22)35-30(39)41/h14-15,18-19,23-24,27,34H,2-13,16-17,33H2,1H3,(H,35,41)/t27-/m1/s1. The van der Waals surface area contributed by atoms with Gasteiger partial charge in [0.05, 0.1) is 22.9 Å². The number of piperidine rings is 2. The van der Waals surface area contributed by atoms with Crippen molar-refractivity contribution in [3.05, 3.63) is 44.6 Å². The number of nitrogen functional groups attached to an aromatic ring is 1. The Bertz CT molecular complexity index is 1340. The highest BCUT2D eigenvalue weighted by molar-refractivity contribution is 7.08. The SMILES string of the molecule is Cc1cc(C[C@@H](OC(=O)N2CCC(N3Cc4cscc4NC3=O)CC2)C(=O)N2CCN(C3CCNCC3)CC2)cc(Cl)c1N. The van der Waals surface area contributed by atoms with Gasteiger partial charge in [-0.05, 0) is 68.3 Å². The van der Waals surface area contributed by atoms with Gasteiger partial charge in [-0.15, -0.1) is 11.3 Å². The number of likely N-dealkylation sites (tertiary alicyclic amines) is 1. The summed E-state index contributed by atoms with van der Waals surface area (Å²) in [6.45, 7) is 8.25. The molecular weight excluding hydrogens is 602 g/mol. The lowest BCUT2D eigenvalue weighted by atomic mass is 10.0. The van der Waals surface area contributed by atoms with Crippen LogP contribution in [0.15, 0.2) is 22.9 Å². The lowest BCUT2D eigenvalue weighted by molar-refractivity contribution is -0.143. The number of ether oxygens (including phenoxy) is 1. The number of carbonyl (C=O) groups excluding carboxylic acids is 3. The highest BCUT2D eigenvalue weighted by Crippen LogP contribution is 2.31. The number of nitrogens with two attached hydrogens (primary N) is 1. The summed E-state index contributed by atoms with van der Waals surface area (Å²) < 4.78 is 6.01. The van der Waals surface area contributed by atoms with E-state index in [-0.39, 0.29) is 24.4 Å². The van der Waals surface area contributed by atoms with Gasteiger partial charge in [-0.2, -0.15) is 0 Å². The van der Waals surface area contributed by atoms with Crippen molar-refractivity contribution >= 4 is 52.3 Å². The Morgan fingerprint density at radius 3 is 2.45 bits per heavy atom.